The number of aliphatic hydroxyl groups is 4. The molecule has 0 aliphatic heterocycles. The van der Waals surface area contributed by atoms with Crippen LogP contribution in [-0.4, -0.2) is 120 Å². The first-order valence-corrected chi connectivity index (χ1v) is 13.0. The molecule has 0 bridgehead atoms. The SMILES string of the molecule is COc1ccc(Oc2c(C(F)(F)F)oc3c(CN(C)C)c(O)ccc3c2=O)cc1.O=C(O)C(O)C(O)C(=O)O.O=C(O)[C@H](O)[C@@H](O)C(=O)O. The van der Waals surface area contributed by atoms with Crippen molar-refractivity contribution in [3.05, 3.63) is 57.9 Å². The van der Waals surface area contributed by atoms with Gasteiger partial charge in [0.2, 0.25) is 11.2 Å². The number of phenolic OH excluding ortho intramolecular Hbond substituents is 1. The summed E-state index contributed by atoms with van der Waals surface area (Å²) in [4.78, 5) is 53.6. The fourth-order valence-corrected chi connectivity index (χ4v) is 3.34. The lowest BCUT2D eigenvalue weighted by Gasteiger charge is -2.17. The number of nitrogens with zero attached hydrogens (tertiary/aromatic N) is 1. The summed E-state index contributed by atoms with van der Waals surface area (Å²) in [6.45, 7) is 0.0715. The summed E-state index contributed by atoms with van der Waals surface area (Å²) < 4.78 is 56.4. The highest BCUT2D eigenvalue weighted by Crippen LogP contribution is 2.40. The molecule has 0 fully saturated rings. The van der Waals surface area contributed by atoms with Crippen molar-refractivity contribution in [3.8, 4) is 23.0 Å². The minimum Gasteiger partial charge on any atom is -0.507 e. The quantitative estimate of drug-likeness (QED) is 0.128. The van der Waals surface area contributed by atoms with Crippen LogP contribution in [0.5, 0.6) is 23.0 Å². The van der Waals surface area contributed by atoms with E-state index in [1.807, 2.05) is 0 Å². The largest absolute Gasteiger partial charge is 0.507 e. The number of halogens is 3. The summed E-state index contributed by atoms with van der Waals surface area (Å²) in [5, 5.41) is 75.0. The van der Waals surface area contributed by atoms with Crippen molar-refractivity contribution in [1.29, 1.82) is 0 Å². The maximum atomic E-state index is 13.7. The van der Waals surface area contributed by atoms with Gasteiger partial charge >= 0.3 is 30.1 Å². The minimum absolute atomic E-state index is 0.00948. The first kappa shape index (κ1) is 41.5. The Kier molecular flexibility index (Phi) is 14.9. The number of fused-ring (bicyclic) bond motifs is 1. The summed E-state index contributed by atoms with van der Waals surface area (Å²) in [5.74, 6) is -9.41. The fraction of sp³-hybridized carbons (Fsp3) is 0.321. The van der Waals surface area contributed by atoms with Gasteiger partial charge in [-0.15, -0.1) is 0 Å². The zero-order chi connectivity index (χ0) is 38.0. The second-order valence-corrected chi connectivity index (χ2v) is 9.67. The number of aromatic hydroxyl groups is 1. The summed E-state index contributed by atoms with van der Waals surface area (Å²) in [6.07, 6.45) is -14.1. The van der Waals surface area contributed by atoms with E-state index in [0.29, 0.717) is 5.75 Å². The van der Waals surface area contributed by atoms with E-state index in [-0.39, 0.29) is 34.6 Å². The Morgan fingerprint density at radius 3 is 1.53 bits per heavy atom. The van der Waals surface area contributed by atoms with Crippen molar-refractivity contribution in [2.75, 3.05) is 21.2 Å². The van der Waals surface area contributed by atoms with Crippen molar-refractivity contribution in [2.45, 2.75) is 37.1 Å². The number of hydrogen-bond acceptors (Lipinski definition) is 14. The lowest BCUT2D eigenvalue weighted by molar-refractivity contribution is -0.165. The Morgan fingerprint density at radius 2 is 1.18 bits per heavy atom. The Bertz CT molecular complexity index is 1620. The maximum Gasteiger partial charge on any atom is 0.453 e. The average Bonchev–Trinajstić information content (AvgIpc) is 3.02. The van der Waals surface area contributed by atoms with Gasteiger partial charge in [0.05, 0.1) is 18.1 Å². The van der Waals surface area contributed by atoms with Crippen molar-refractivity contribution in [3.63, 3.8) is 0 Å². The number of ether oxygens (including phenoxy) is 2. The summed E-state index contributed by atoms with van der Waals surface area (Å²) >= 11 is 0. The molecule has 49 heavy (non-hydrogen) atoms. The monoisotopic (exact) mass is 709 g/mol. The molecule has 9 N–H and O–H groups in total. The van der Waals surface area contributed by atoms with Crippen LogP contribution >= 0.6 is 0 Å². The molecule has 0 saturated carbocycles. The number of carboxylic acids is 4. The number of hydrogen-bond donors (Lipinski definition) is 9. The van der Waals surface area contributed by atoms with Gasteiger partial charge in [0.15, 0.2) is 24.4 Å². The first-order chi connectivity index (χ1) is 22.5. The Morgan fingerprint density at radius 1 is 0.776 bits per heavy atom. The molecule has 0 aliphatic rings. The molecule has 0 aliphatic carbocycles. The number of aliphatic hydroxyl groups excluding tert-OH is 4. The summed E-state index contributed by atoms with van der Waals surface area (Å²) in [6, 6.07) is 8.16. The van der Waals surface area contributed by atoms with Gasteiger partial charge < -0.3 is 64.7 Å². The summed E-state index contributed by atoms with van der Waals surface area (Å²) in [5.41, 5.74) is -1.25. The van der Waals surface area contributed by atoms with Crippen LogP contribution in [0.25, 0.3) is 11.0 Å². The molecule has 4 atom stereocenters. The second kappa shape index (κ2) is 17.6. The van der Waals surface area contributed by atoms with Crippen LogP contribution in [-0.2, 0) is 31.9 Å². The van der Waals surface area contributed by atoms with Crippen LogP contribution < -0.4 is 14.9 Å². The lowest BCUT2D eigenvalue weighted by Crippen LogP contribution is -2.39. The van der Waals surface area contributed by atoms with Gasteiger partial charge in [-0.05, 0) is 50.5 Å². The van der Waals surface area contributed by atoms with Crippen molar-refractivity contribution >= 4 is 34.8 Å². The van der Waals surface area contributed by atoms with E-state index in [1.165, 1.54) is 43.5 Å². The van der Waals surface area contributed by atoms with Crippen LogP contribution in [0.4, 0.5) is 13.2 Å². The normalized spacial score (nSPS) is 13.4. The van der Waals surface area contributed by atoms with E-state index in [2.05, 4.69) is 0 Å². The molecule has 270 valence electrons. The zero-order valence-electron chi connectivity index (χ0n) is 25.4. The highest BCUT2D eigenvalue weighted by Gasteiger charge is 2.41. The highest BCUT2D eigenvalue weighted by molar-refractivity contribution is 5.84. The molecule has 1 aromatic heterocycles. The Hall–Kier alpha value is -5.48. The highest BCUT2D eigenvalue weighted by atomic mass is 19.4. The van der Waals surface area contributed by atoms with Gasteiger partial charge in [0.25, 0.3) is 5.76 Å². The third-order valence-electron chi connectivity index (χ3n) is 5.72. The number of benzene rings is 2. The smallest absolute Gasteiger partial charge is 0.453 e. The number of alkyl halides is 3. The molecule has 0 saturated heterocycles. The standard InChI is InChI=1S/C20H18F3NO5.2C4H6O6/c1-24(2)10-14-15(25)9-8-13-16(26)18(19(20(21,22)23)29-17(13)14)28-12-6-4-11(27-3)5-7-12;2*5-1(3(7)8)2(6)4(9)10/h4-9,25H,10H2,1-3H3;2*1-2,5-6H,(H,7,8)(H,9,10)/t;1-,2-;/m.1./s1. The van der Waals surface area contributed by atoms with E-state index in [0.717, 1.165) is 0 Å². The van der Waals surface area contributed by atoms with Crippen LogP contribution in [0.1, 0.15) is 11.3 Å². The number of phenols is 1. The van der Waals surface area contributed by atoms with E-state index in [1.54, 1.807) is 19.0 Å². The molecule has 2 unspecified atom stereocenters. The van der Waals surface area contributed by atoms with Gasteiger partial charge in [-0.1, -0.05) is 0 Å². The average molecular weight is 710 g/mol. The third kappa shape index (κ3) is 11.6. The van der Waals surface area contributed by atoms with Crippen molar-refractivity contribution in [2.24, 2.45) is 0 Å². The van der Waals surface area contributed by atoms with E-state index in [9.17, 15) is 42.3 Å². The zero-order valence-corrected chi connectivity index (χ0v) is 25.4. The van der Waals surface area contributed by atoms with Gasteiger partial charge in [0, 0.05) is 6.54 Å². The number of aliphatic carboxylic acids is 4. The lowest BCUT2D eigenvalue weighted by atomic mass is 10.1. The van der Waals surface area contributed by atoms with Crippen molar-refractivity contribution in [1.82, 2.24) is 4.90 Å². The van der Waals surface area contributed by atoms with Gasteiger partial charge in [-0.25, -0.2) is 19.2 Å². The Labute approximate surface area is 271 Å². The molecule has 21 heteroatoms. The van der Waals surface area contributed by atoms with Crippen LogP contribution in [0.3, 0.4) is 0 Å². The van der Waals surface area contributed by atoms with Crippen LogP contribution in [0.15, 0.2) is 45.6 Å². The minimum atomic E-state index is -4.99. The second-order valence-electron chi connectivity index (χ2n) is 9.67. The molecule has 0 spiro atoms. The van der Waals surface area contributed by atoms with Gasteiger partial charge in [-0.2, -0.15) is 13.2 Å². The molecule has 3 rings (SSSR count). The predicted octanol–water partition coefficient (Wildman–Crippen LogP) is 0.135. The number of carboxylic acid groups (broad SMARTS) is 4. The number of rotatable bonds is 11. The topological polar surface area (TPSA) is 302 Å². The van der Waals surface area contributed by atoms with Gasteiger partial charge in [-0.3, -0.25) is 4.79 Å². The predicted molar refractivity (Wildman–Crippen MR) is 154 cm³/mol. The Balaban J connectivity index is 0.000000493. The summed E-state index contributed by atoms with van der Waals surface area (Å²) in [7, 11) is 4.78. The fourth-order valence-electron chi connectivity index (χ4n) is 3.34. The molecular weight excluding hydrogens is 679 g/mol. The molecule has 2 aromatic carbocycles. The third-order valence-corrected chi connectivity index (χ3v) is 5.72. The molecule has 1 heterocycles. The number of carbonyl (C=O) groups is 4. The molecule has 0 amide bonds. The molecular formula is C28H30F3NO17. The number of methoxy groups -OCH3 is 1. The van der Waals surface area contributed by atoms with Crippen LogP contribution in [0.2, 0.25) is 0 Å². The van der Waals surface area contributed by atoms with Crippen LogP contribution in [0, 0.1) is 0 Å². The molecule has 3 aromatic rings. The van der Waals surface area contributed by atoms with E-state index >= 15 is 0 Å². The van der Waals surface area contributed by atoms with Gasteiger partial charge in [0.1, 0.15) is 22.8 Å². The van der Waals surface area contributed by atoms with Crippen molar-refractivity contribution < 1.29 is 92.2 Å². The molecule has 0 radical (unpaired) electrons. The van der Waals surface area contributed by atoms with E-state index in [4.69, 9.17) is 54.7 Å². The maximum absolute atomic E-state index is 13.7. The van der Waals surface area contributed by atoms with E-state index < -0.39 is 71.4 Å². The molecule has 18 nitrogen and oxygen atoms in total. The first-order valence-electron chi connectivity index (χ1n) is 13.0.